The first-order valence-electron chi connectivity index (χ1n) is 8.34. The Morgan fingerprint density at radius 1 is 1.16 bits per heavy atom. The average molecular weight is 358 g/mol. The molecular formula is C17H21F3N2O3. The molecule has 0 aromatic heterocycles. The smallest absolute Gasteiger partial charge is 0.406 e. The van der Waals surface area contributed by atoms with Crippen LogP contribution in [0.1, 0.15) is 12.0 Å². The summed E-state index contributed by atoms with van der Waals surface area (Å²) < 4.78 is 45.6. The summed E-state index contributed by atoms with van der Waals surface area (Å²) in [7, 11) is 0. The van der Waals surface area contributed by atoms with Crippen LogP contribution in [0.3, 0.4) is 0 Å². The van der Waals surface area contributed by atoms with Crippen LogP contribution in [0.5, 0.6) is 5.75 Å². The molecule has 0 unspecified atom stereocenters. The number of hydrogen-bond acceptors (Lipinski definition) is 4. The lowest BCUT2D eigenvalue weighted by molar-refractivity contribution is -0.274. The van der Waals surface area contributed by atoms with Crippen molar-refractivity contribution in [1.82, 2.24) is 9.80 Å². The lowest BCUT2D eigenvalue weighted by atomic mass is 10.1. The zero-order valence-electron chi connectivity index (χ0n) is 13.8. The van der Waals surface area contributed by atoms with Crippen molar-refractivity contribution < 1.29 is 27.4 Å². The van der Waals surface area contributed by atoms with Crippen molar-refractivity contribution in [3.8, 4) is 5.75 Å². The van der Waals surface area contributed by atoms with Crippen LogP contribution in [0.25, 0.3) is 0 Å². The van der Waals surface area contributed by atoms with E-state index in [9.17, 15) is 18.0 Å². The highest BCUT2D eigenvalue weighted by atomic mass is 19.4. The van der Waals surface area contributed by atoms with E-state index in [4.69, 9.17) is 4.74 Å². The molecule has 0 N–H and O–H groups in total. The molecule has 0 spiro atoms. The van der Waals surface area contributed by atoms with E-state index in [-0.39, 0.29) is 17.6 Å². The van der Waals surface area contributed by atoms with Gasteiger partial charge in [-0.25, -0.2) is 0 Å². The fourth-order valence-corrected chi connectivity index (χ4v) is 3.17. The molecule has 1 aromatic rings. The highest BCUT2D eigenvalue weighted by molar-refractivity contribution is 5.79. The SMILES string of the molecule is O=C([C@H]1CCOC1)N1CCN(Cc2ccc(OC(F)(F)F)cc2)CC1. The monoisotopic (exact) mass is 358 g/mol. The molecule has 1 aromatic carbocycles. The second-order valence-electron chi connectivity index (χ2n) is 6.35. The Hall–Kier alpha value is -1.80. The Balaban J connectivity index is 1.46. The molecule has 0 radical (unpaired) electrons. The highest BCUT2D eigenvalue weighted by Gasteiger charge is 2.31. The molecule has 1 amide bonds. The third-order valence-corrected chi connectivity index (χ3v) is 4.53. The maximum absolute atomic E-state index is 12.3. The molecule has 8 heteroatoms. The summed E-state index contributed by atoms with van der Waals surface area (Å²) in [5.74, 6) is -0.0519. The van der Waals surface area contributed by atoms with Crippen LogP contribution in [-0.2, 0) is 16.1 Å². The number of ether oxygens (including phenoxy) is 2. The minimum atomic E-state index is -4.67. The average Bonchev–Trinajstić information content (AvgIpc) is 3.10. The maximum atomic E-state index is 12.3. The largest absolute Gasteiger partial charge is 0.573 e. The first-order valence-corrected chi connectivity index (χ1v) is 8.34. The second kappa shape index (κ2) is 7.61. The van der Waals surface area contributed by atoms with Crippen molar-refractivity contribution in [1.29, 1.82) is 0 Å². The van der Waals surface area contributed by atoms with Crippen LogP contribution in [0, 0.1) is 5.92 Å². The molecule has 0 aliphatic carbocycles. The Kier molecular flexibility index (Phi) is 5.48. The Morgan fingerprint density at radius 3 is 2.40 bits per heavy atom. The van der Waals surface area contributed by atoms with Crippen molar-refractivity contribution >= 4 is 5.91 Å². The summed E-state index contributed by atoms with van der Waals surface area (Å²) in [6, 6.07) is 5.91. The summed E-state index contributed by atoms with van der Waals surface area (Å²) in [5.41, 5.74) is 0.915. The van der Waals surface area contributed by atoms with Gasteiger partial charge in [-0.15, -0.1) is 13.2 Å². The Bertz CT molecular complexity index is 578. The predicted molar refractivity (Wildman–Crippen MR) is 83.9 cm³/mol. The first-order chi connectivity index (χ1) is 11.9. The van der Waals surface area contributed by atoms with E-state index >= 15 is 0 Å². The van der Waals surface area contributed by atoms with E-state index in [0.29, 0.717) is 32.8 Å². The molecule has 2 aliphatic rings. The lowest BCUT2D eigenvalue weighted by Gasteiger charge is -2.35. The van der Waals surface area contributed by atoms with Crippen LogP contribution >= 0.6 is 0 Å². The normalized spacial score (nSPS) is 22.2. The third-order valence-electron chi connectivity index (χ3n) is 4.53. The number of carbonyl (C=O) groups is 1. The number of benzene rings is 1. The van der Waals surface area contributed by atoms with Gasteiger partial charge in [-0.3, -0.25) is 9.69 Å². The summed E-state index contributed by atoms with van der Waals surface area (Å²) >= 11 is 0. The van der Waals surface area contributed by atoms with Gasteiger partial charge in [0, 0.05) is 39.3 Å². The molecule has 25 heavy (non-hydrogen) atoms. The minimum absolute atomic E-state index is 0.00673. The zero-order chi connectivity index (χ0) is 17.9. The zero-order valence-corrected chi connectivity index (χ0v) is 13.8. The van der Waals surface area contributed by atoms with E-state index in [1.54, 1.807) is 12.1 Å². The van der Waals surface area contributed by atoms with Crippen LogP contribution in [0.15, 0.2) is 24.3 Å². The van der Waals surface area contributed by atoms with Gasteiger partial charge in [-0.1, -0.05) is 12.1 Å². The van der Waals surface area contributed by atoms with E-state index in [1.165, 1.54) is 12.1 Å². The number of carbonyl (C=O) groups excluding carboxylic acids is 1. The molecule has 5 nitrogen and oxygen atoms in total. The number of rotatable bonds is 4. The summed E-state index contributed by atoms with van der Waals surface area (Å²) in [6.45, 7) is 4.66. The van der Waals surface area contributed by atoms with E-state index in [2.05, 4.69) is 9.64 Å². The Morgan fingerprint density at radius 2 is 1.84 bits per heavy atom. The van der Waals surface area contributed by atoms with Crippen LogP contribution in [-0.4, -0.2) is 61.5 Å². The second-order valence-corrected chi connectivity index (χ2v) is 6.35. The number of amides is 1. The van der Waals surface area contributed by atoms with Gasteiger partial charge in [0.05, 0.1) is 12.5 Å². The fraction of sp³-hybridized carbons (Fsp3) is 0.588. The van der Waals surface area contributed by atoms with Gasteiger partial charge < -0.3 is 14.4 Å². The van der Waals surface area contributed by atoms with Gasteiger partial charge in [0.15, 0.2) is 0 Å². The molecule has 3 rings (SSSR count). The highest BCUT2D eigenvalue weighted by Crippen LogP contribution is 2.23. The van der Waals surface area contributed by atoms with Gasteiger partial charge in [0.2, 0.25) is 5.91 Å². The minimum Gasteiger partial charge on any atom is -0.406 e. The van der Waals surface area contributed by atoms with Crippen LogP contribution in [0.4, 0.5) is 13.2 Å². The fourth-order valence-electron chi connectivity index (χ4n) is 3.17. The number of hydrogen-bond donors (Lipinski definition) is 0. The molecule has 0 saturated carbocycles. The summed E-state index contributed by atoms with van der Waals surface area (Å²) in [4.78, 5) is 16.4. The summed E-state index contributed by atoms with van der Waals surface area (Å²) in [6.07, 6.45) is -3.87. The van der Waals surface area contributed by atoms with Gasteiger partial charge in [-0.2, -0.15) is 0 Å². The molecule has 2 aliphatic heterocycles. The first kappa shape index (κ1) is 18.0. The van der Waals surface area contributed by atoms with Crippen molar-refractivity contribution in [3.63, 3.8) is 0 Å². The quantitative estimate of drug-likeness (QED) is 0.828. The topological polar surface area (TPSA) is 42.0 Å². The van der Waals surface area contributed by atoms with Crippen LogP contribution < -0.4 is 4.74 Å². The third kappa shape index (κ3) is 5.09. The molecule has 2 fully saturated rings. The van der Waals surface area contributed by atoms with Gasteiger partial charge >= 0.3 is 6.36 Å². The number of alkyl halides is 3. The van der Waals surface area contributed by atoms with E-state index in [1.807, 2.05) is 4.90 Å². The van der Waals surface area contributed by atoms with Crippen molar-refractivity contribution in [2.45, 2.75) is 19.3 Å². The van der Waals surface area contributed by atoms with E-state index < -0.39 is 6.36 Å². The number of halogens is 3. The predicted octanol–water partition coefficient (Wildman–Crippen LogP) is 2.27. The number of piperazine rings is 1. The summed E-state index contributed by atoms with van der Waals surface area (Å²) in [5, 5.41) is 0. The molecular weight excluding hydrogens is 337 g/mol. The van der Waals surface area contributed by atoms with Gasteiger partial charge in [0.25, 0.3) is 0 Å². The standard InChI is InChI=1S/C17H21F3N2O3/c18-17(19,20)25-15-3-1-13(2-4-15)11-21-6-8-22(9-7-21)16(23)14-5-10-24-12-14/h1-4,14H,5-12H2/t14-/m0/s1. The van der Waals surface area contributed by atoms with Gasteiger partial charge in [0.1, 0.15) is 5.75 Å². The van der Waals surface area contributed by atoms with Crippen molar-refractivity contribution in [2.75, 3.05) is 39.4 Å². The molecule has 2 saturated heterocycles. The van der Waals surface area contributed by atoms with Crippen molar-refractivity contribution in [2.24, 2.45) is 5.92 Å². The van der Waals surface area contributed by atoms with Crippen molar-refractivity contribution in [3.05, 3.63) is 29.8 Å². The Labute approximate surface area is 144 Å². The van der Waals surface area contributed by atoms with Crippen LogP contribution in [0.2, 0.25) is 0 Å². The molecule has 1 atom stereocenters. The molecule has 0 bridgehead atoms. The number of nitrogens with zero attached hydrogens (tertiary/aromatic N) is 2. The lowest BCUT2D eigenvalue weighted by Crippen LogP contribution is -2.50. The van der Waals surface area contributed by atoms with Gasteiger partial charge in [-0.05, 0) is 24.1 Å². The maximum Gasteiger partial charge on any atom is 0.573 e. The van der Waals surface area contributed by atoms with E-state index in [0.717, 1.165) is 25.1 Å². The molecule has 138 valence electrons. The molecule has 2 heterocycles.